The van der Waals surface area contributed by atoms with Crippen molar-refractivity contribution in [2.24, 2.45) is 0 Å². The molecule has 0 bridgehead atoms. The first-order valence-electron chi connectivity index (χ1n) is 9.30. The number of aromatic nitrogens is 2. The molecule has 140 valence electrons. The fraction of sp³-hybridized carbons (Fsp3) is 0.789. The lowest BCUT2D eigenvalue weighted by Crippen LogP contribution is -2.38. The summed E-state index contributed by atoms with van der Waals surface area (Å²) in [4.78, 5) is 9.40. The molecule has 2 fully saturated rings. The number of nitrogens with one attached hydrogen (secondary N) is 1. The van der Waals surface area contributed by atoms with Crippen molar-refractivity contribution in [1.29, 1.82) is 0 Å². The topological polar surface area (TPSA) is 65.5 Å². The van der Waals surface area contributed by atoms with Crippen LogP contribution in [-0.4, -0.2) is 48.2 Å². The Kier molecular flexibility index (Phi) is 5.32. The third-order valence-electron chi connectivity index (χ3n) is 4.71. The second kappa shape index (κ2) is 7.17. The Balaban J connectivity index is 1.66. The highest BCUT2D eigenvalue weighted by molar-refractivity contribution is 5.38. The SMILES string of the molecule is CC(C)c1nc(NCC2COC3(CCOCC3)O2)cc(C(C)(C)C)n1. The summed E-state index contributed by atoms with van der Waals surface area (Å²) >= 11 is 0. The van der Waals surface area contributed by atoms with Crippen molar-refractivity contribution in [1.82, 2.24) is 9.97 Å². The van der Waals surface area contributed by atoms with Crippen LogP contribution in [0.2, 0.25) is 0 Å². The fourth-order valence-electron chi connectivity index (χ4n) is 3.08. The van der Waals surface area contributed by atoms with Crippen LogP contribution < -0.4 is 5.32 Å². The molecule has 1 aromatic rings. The van der Waals surface area contributed by atoms with Crippen molar-refractivity contribution < 1.29 is 14.2 Å². The van der Waals surface area contributed by atoms with Crippen molar-refractivity contribution in [3.8, 4) is 0 Å². The van der Waals surface area contributed by atoms with Crippen molar-refractivity contribution in [2.45, 2.75) is 70.7 Å². The van der Waals surface area contributed by atoms with E-state index < -0.39 is 5.79 Å². The van der Waals surface area contributed by atoms with E-state index in [1.165, 1.54) is 0 Å². The Morgan fingerprint density at radius 3 is 2.60 bits per heavy atom. The molecule has 0 aromatic carbocycles. The van der Waals surface area contributed by atoms with E-state index in [4.69, 9.17) is 19.2 Å². The maximum atomic E-state index is 6.18. The van der Waals surface area contributed by atoms with Crippen LogP contribution in [0.3, 0.4) is 0 Å². The molecule has 1 spiro atoms. The molecule has 25 heavy (non-hydrogen) atoms. The van der Waals surface area contributed by atoms with E-state index in [0.29, 0.717) is 32.3 Å². The molecule has 0 amide bonds. The third-order valence-corrected chi connectivity index (χ3v) is 4.71. The quantitative estimate of drug-likeness (QED) is 0.900. The Morgan fingerprint density at radius 1 is 1.24 bits per heavy atom. The van der Waals surface area contributed by atoms with Crippen LogP contribution in [0.1, 0.15) is 64.9 Å². The van der Waals surface area contributed by atoms with Gasteiger partial charge in [-0.25, -0.2) is 9.97 Å². The molecule has 6 heteroatoms. The lowest BCUT2D eigenvalue weighted by molar-refractivity contribution is -0.209. The summed E-state index contributed by atoms with van der Waals surface area (Å²) < 4.78 is 17.5. The van der Waals surface area contributed by atoms with Gasteiger partial charge in [0.25, 0.3) is 0 Å². The standard InChI is InChI=1S/C19H31N3O3/c1-13(2)17-21-15(18(3,4)5)10-16(22-17)20-11-14-12-24-19(25-14)6-8-23-9-7-19/h10,13-14H,6-9,11-12H2,1-5H3,(H,20,21,22). The Labute approximate surface area is 150 Å². The largest absolute Gasteiger partial charge is 0.381 e. The average Bonchev–Trinajstić information content (AvgIpc) is 2.95. The van der Waals surface area contributed by atoms with Crippen LogP contribution in [0.5, 0.6) is 0 Å². The molecule has 1 atom stereocenters. The van der Waals surface area contributed by atoms with Crippen LogP contribution in [0.4, 0.5) is 5.82 Å². The van der Waals surface area contributed by atoms with Gasteiger partial charge in [0.15, 0.2) is 5.79 Å². The van der Waals surface area contributed by atoms with Crippen molar-refractivity contribution >= 4 is 5.82 Å². The molecule has 0 radical (unpaired) electrons. The maximum Gasteiger partial charge on any atom is 0.173 e. The van der Waals surface area contributed by atoms with Gasteiger partial charge >= 0.3 is 0 Å². The molecule has 1 N–H and O–H groups in total. The molecule has 3 rings (SSSR count). The summed E-state index contributed by atoms with van der Waals surface area (Å²) in [6.45, 7) is 13.5. The van der Waals surface area contributed by atoms with Crippen LogP contribution in [0, 0.1) is 0 Å². The van der Waals surface area contributed by atoms with Crippen LogP contribution in [0.15, 0.2) is 6.07 Å². The van der Waals surface area contributed by atoms with E-state index in [2.05, 4.69) is 44.9 Å². The maximum absolute atomic E-state index is 6.18. The molecule has 0 aliphatic carbocycles. The first kappa shape index (κ1) is 18.5. The second-order valence-corrected chi connectivity index (χ2v) is 8.36. The van der Waals surface area contributed by atoms with Gasteiger partial charge in [-0.3, -0.25) is 0 Å². The molecule has 6 nitrogen and oxygen atoms in total. The summed E-state index contributed by atoms with van der Waals surface area (Å²) in [7, 11) is 0. The van der Waals surface area contributed by atoms with Gasteiger partial charge in [-0.15, -0.1) is 0 Å². The van der Waals surface area contributed by atoms with E-state index in [9.17, 15) is 0 Å². The second-order valence-electron chi connectivity index (χ2n) is 8.36. The zero-order chi connectivity index (χ0) is 18.1. The summed E-state index contributed by atoms with van der Waals surface area (Å²) in [6.07, 6.45) is 1.65. The fourth-order valence-corrected chi connectivity index (χ4v) is 3.08. The molecule has 2 aliphatic heterocycles. The minimum absolute atomic E-state index is 0.0118. The van der Waals surface area contributed by atoms with Gasteiger partial charge in [0.1, 0.15) is 17.7 Å². The van der Waals surface area contributed by atoms with Crippen molar-refractivity contribution in [3.63, 3.8) is 0 Å². The molecule has 3 heterocycles. The average molecular weight is 349 g/mol. The van der Waals surface area contributed by atoms with E-state index in [-0.39, 0.29) is 11.5 Å². The summed E-state index contributed by atoms with van der Waals surface area (Å²) in [6, 6.07) is 2.05. The minimum atomic E-state index is -0.435. The van der Waals surface area contributed by atoms with Gasteiger partial charge in [-0.05, 0) is 0 Å². The lowest BCUT2D eigenvalue weighted by atomic mass is 9.91. The van der Waals surface area contributed by atoms with Crippen molar-refractivity contribution in [2.75, 3.05) is 31.7 Å². The zero-order valence-corrected chi connectivity index (χ0v) is 16.1. The monoisotopic (exact) mass is 349 g/mol. The first-order valence-corrected chi connectivity index (χ1v) is 9.30. The molecule has 1 aromatic heterocycles. The summed E-state index contributed by atoms with van der Waals surface area (Å²) in [5.41, 5.74) is 1.04. The first-order chi connectivity index (χ1) is 11.8. The zero-order valence-electron chi connectivity index (χ0n) is 16.1. The number of anilines is 1. The Hall–Kier alpha value is -1.24. The summed E-state index contributed by atoms with van der Waals surface area (Å²) in [5, 5.41) is 3.43. The molecule has 2 saturated heterocycles. The van der Waals surface area contributed by atoms with E-state index in [1.54, 1.807) is 0 Å². The smallest absolute Gasteiger partial charge is 0.173 e. The predicted molar refractivity (Wildman–Crippen MR) is 96.9 cm³/mol. The number of hydrogen-bond donors (Lipinski definition) is 1. The number of nitrogens with zero attached hydrogens (tertiary/aromatic N) is 2. The van der Waals surface area contributed by atoms with Gasteiger partial charge in [0, 0.05) is 36.8 Å². The molecule has 1 unspecified atom stereocenters. The van der Waals surface area contributed by atoms with Gasteiger partial charge in [0.05, 0.1) is 25.5 Å². The predicted octanol–water partition coefficient (Wildman–Crippen LogP) is 3.23. The highest BCUT2D eigenvalue weighted by atomic mass is 16.7. The van der Waals surface area contributed by atoms with Gasteiger partial charge < -0.3 is 19.5 Å². The normalized spacial score (nSPS) is 23.4. The van der Waals surface area contributed by atoms with E-state index in [1.807, 2.05) is 6.07 Å². The highest BCUT2D eigenvalue weighted by Crippen LogP contribution is 2.33. The molecular weight excluding hydrogens is 318 g/mol. The minimum Gasteiger partial charge on any atom is -0.381 e. The van der Waals surface area contributed by atoms with Crippen molar-refractivity contribution in [3.05, 3.63) is 17.6 Å². The van der Waals surface area contributed by atoms with Gasteiger partial charge in [-0.1, -0.05) is 34.6 Å². The number of hydrogen-bond acceptors (Lipinski definition) is 6. The number of ether oxygens (including phenoxy) is 3. The molecule has 2 aliphatic rings. The van der Waals surface area contributed by atoms with Crippen LogP contribution >= 0.6 is 0 Å². The molecule has 0 saturated carbocycles. The lowest BCUT2D eigenvalue weighted by Gasteiger charge is -2.31. The highest BCUT2D eigenvalue weighted by Gasteiger charge is 2.42. The van der Waals surface area contributed by atoms with Crippen LogP contribution in [-0.2, 0) is 19.6 Å². The van der Waals surface area contributed by atoms with Gasteiger partial charge in [-0.2, -0.15) is 0 Å². The van der Waals surface area contributed by atoms with E-state index >= 15 is 0 Å². The summed E-state index contributed by atoms with van der Waals surface area (Å²) in [5.74, 6) is 1.59. The Morgan fingerprint density at radius 2 is 1.96 bits per heavy atom. The molecular formula is C19H31N3O3. The Bertz CT molecular complexity index is 592. The van der Waals surface area contributed by atoms with E-state index in [0.717, 1.165) is 30.2 Å². The number of rotatable bonds is 4. The van der Waals surface area contributed by atoms with Crippen LogP contribution in [0.25, 0.3) is 0 Å². The third kappa shape index (κ3) is 4.49. The van der Waals surface area contributed by atoms with Gasteiger partial charge in [0.2, 0.25) is 0 Å².